The maximum Gasteiger partial charge on any atom is 0.323 e. The molecule has 1 aliphatic heterocycles. The molecule has 0 aromatic heterocycles. The molecule has 3 rings (SSSR count). The Hall–Kier alpha value is -4.62. The zero-order valence-corrected chi connectivity index (χ0v) is 29.1. The highest BCUT2D eigenvalue weighted by molar-refractivity contribution is 5.95. The number of carbonyl (C=O) groups excluding carboxylic acids is 4. The van der Waals surface area contributed by atoms with Crippen molar-refractivity contribution in [3.05, 3.63) is 71.8 Å². The van der Waals surface area contributed by atoms with Crippen LogP contribution in [0.15, 0.2) is 65.7 Å². The number of carbonyl (C=O) groups is 5. The van der Waals surface area contributed by atoms with Crippen LogP contribution in [0.3, 0.4) is 0 Å². The monoisotopic (exact) mass is 691 g/mol. The van der Waals surface area contributed by atoms with Crippen molar-refractivity contribution in [1.29, 1.82) is 0 Å². The van der Waals surface area contributed by atoms with Gasteiger partial charge in [0.1, 0.15) is 5.54 Å². The van der Waals surface area contributed by atoms with Crippen molar-refractivity contribution in [2.24, 2.45) is 45.7 Å². The van der Waals surface area contributed by atoms with Gasteiger partial charge in [-0.1, -0.05) is 74.5 Å². The predicted molar refractivity (Wildman–Crippen MR) is 192 cm³/mol. The third-order valence-corrected chi connectivity index (χ3v) is 9.23. The van der Waals surface area contributed by atoms with Gasteiger partial charge < -0.3 is 38.3 Å². The number of nitrogens with one attached hydrogen (secondary N) is 1. The van der Waals surface area contributed by atoms with Gasteiger partial charge in [-0.3, -0.25) is 29.0 Å². The number of nitrogens with zero attached hydrogens (tertiary/aromatic N) is 2. The van der Waals surface area contributed by atoms with Crippen LogP contribution >= 0.6 is 0 Å². The lowest BCUT2D eigenvalue weighted by molar-refractivity contribution is -0.149. The molecule has 4 atom stereocenters. The molecule has 1 heterocycles. The van der Waals surface area contributed by atoms with Gasteiger partial charge in [0.2, 0.25) is 11.8 Å². The first-order valence-electron chi connectivity index (χ1n) is 17.2. The second-order valence-electron chi connectivity index (χ2n) is 13.8. The van der Waals surface area contributed by atoms with E-state index in [2.05, 4.69) is 10.3 Å². The molecule has 2 aromatic carbocycles. The Balaban J connectivity index is 1.79. The molecule has 2 aromatic rings. The topological polar surface area (TPSA) is 237 Å². The number of guanidine groups is 1. The SMILES string of the molecule is CC(C)C[C@@H](NC(=O)[C@H](CC(=O)[C@H](N)Cc1ccccc1)Cc1ccccc1)C(=O)C[C@H](CCN=C(N)N)C(=O)N1CCC(N)(C(=O)O)CC1. The Morgan fingerprint density at radius 2 is 1.40 bits per heavy atom. The minimum absolute atomic E-state index is 0.0179. The maximum atomic E-state index is 14.0. The molecule has 1 saturated heterocycles. The fourth-order valence-corrected chi connectivity index (χ4v) is 6.21. The molecule has 2 amide bonds. The molecule has 0 bridgehead atoms. The maximum absolute atomic E-state index is 14.0. The number of Topliss-reactive ketones (excluding diaryl/α,β-unsaturated/α-hetero) is 2. The van der Waals surface area contributed by atoms with Gasteiger partial charge in [-0.25, -0.2) is 0 Å². The minimum atomic E-state index is -1.42. The number of hydrogen-bond acceptors (Lipinski definition) is 8. The summed E-state index contributed by atoms with van der Waals surface area (Å²) in [5.41, 5.74) is 23.7. The molecule has 0 saturated carbocycles. The van der Waals surface area contributed by atoms with Crippen LogP contribution in [-0.4, -0.2) is 82.6 Å². The van der Waals surface area contributed by atoms with E-state index in [0.29, 0.717) is 12.8 Å². The molecule has 0 spiro atoms. The van der Waals surface area contributed by atoms with E-state index in [-0.39, 0.29) is 87.5 Å². The molecule has 10 N–H and O–H groups in total. The second-order valence-corrected chi connectivity index (χ2v) is 13.8. The highest BCUT2D eigenvalue weighted by Crippen LogP contribution is 2.25. The molecular formula is C37H53N7O6. The van der Waals surface area contributed by atoms with Gasteiger partial charge in [0.15, 0.2) is 17.5 Å². The number of aliphatic imine (C=N–C) groups is 1. The van der Waals surface area contributed by atoms with Crippen molar-refractivity contribution in [3.8, 4) is 0 Å². The highest BCUT2D eigenvalue weighted by Gasteiger charge is 2.40. The van der Waals surface area contributed by atoms with Crippen LogP contribution in [0.2, 0.25) is 0 Å². The fourth-order valence-electron chi connectivity index (χ4n) is 6.21. The number of carboxylic acid groups (broad SMARTS) is 1. The number of ketones is 2. The highest BCUT2D eigenvalue weighted by atomic mass is 16.4. The van der Waals surface area contributed by atoms with Crippen LogP contribution in [0.4, 0.5) is 0 Å². The number of rotatable bonds is 19. The fraction of sp³-hybridized carbons (Fsp3) is 0.514. The molecular weight excluding hydrogens is 638 g/mol. The van der Waals surface area contributed by atoms with Gasteiger partial charge in [-0.15, -0.1) is 0 Å². The molecule has 50 heavy (non-hydrogen) atoms. The number of carboxylic acids is 1. The molecule has 0 aliphatic carbocycles. The standard InChI is InChI=1S/C37H53N7O6/c1-24(2)19-30(32(46)22-27(13-16-42-36(39)40)34(48)44-17-14-37(41,15-18-44)35(49)50)43-33(47)28(20-25-9-5-3-6-10-25)23-31(45)29(38)21-26-11-7-4-8-12-26/h3-12,24,27-30H,13-23,38,41H2,1-2H3,(H,43,47)(H,49,50)(H4,39,40,42)/t27-,28-,29+,30+/m0/s1. The summed E-state index contributed by atoms with van der Waals surface area (Å²) in [4.78, 5) is 72.2. The molecule has 1 aliphatic rings. The van der Waals surface area contributed by atoms with Gasteiger partial charge in [-0.2, -0.15) is 0 Å². The Kier molecular flexibility index (Phi) is 15.1. The first-order valence-corrected chi connectivity index (χ1v) is 17.2. The summed E-state index contributed by atoms with van der Waals surface area (Å²) >= 11 is 0. The van der Waals surface area contributed by atoms with E-state index in [1.165, 1.54) is 4.90 Å². The molecule has 13 heteroatoms. The van der Waals surface area contributed by atoms with Crippen LogP contribution in [0.5, 0.6) is 0 Å². The number of benzene rings is 2. The van der Waals surface area contributed by atoms with Gasteiger partial charge in [0.05, 0.1) is 12.1 Å². The van der Waals surface area contributed by atoms with E-state index in [4.69, 9.17) is 22.9 Å². The van der Waals surface area contributed by atoms with E-state index in [9.17, 15) is 29.1 Å². The summed E-state index contributed by atoms with van der Waals surface area (Å²) in [6.45, 7) is 4.21. The Labute approximate surface area is 294 Å². The molecule has 0 radical (unpaired) electrons. The van der Waals surface area contributed by atoms with Gasteiger partial charge in [-0.05, 0) is 55.6 Å². The Morgan fingerprint density at radius 3 is 1.92 bits per heavy atom. The summed E-state index contributed by atoms with van der Waals surface area (Å²) in [7, 11) is 0. The average molecular weight is 692 g/mol. The summed E-state index contributed by atoms with van der Waals surface area (Å²) in [5.74, 6) is -4.22. The first-order chi connectivity index (χ1) is 23.7. The average Bonchev–Trinajstić information content (AvgIpc) is 3.07. The van der Waals surface area contributed by atoms with Crippen molar-refractivity contribution in [1.82, 2.24) is 10.2 Å². The number of likely N-dealkylation sites (tertiary alicyclic amines) is 1. The summed E-state index contributed by atoms with van der Waals surface area (Å²) in [6, 6.07) is 17.0. The number of piperidine rings is 1. The third-order valence-electron chi connectivity index (χ3n) is 9.23. The molecule has 0 unspecified atom stereocenters. The van der Waals surface area contributed by atoms with Crippen LogP contribution < -0.4 is 28.3 Å². The van der Waals surface area contributed by atoms with E-state index >= 15 is 0 Å². The lowest BCUT2D eigenvalue weighted by atomic mass is 9.86. The smallest absolute Gasteiger partial charge is 0.323 e. The van der Waals surface area contributed by atoms with Crippen molar-refractivity contribution in [2.45, 2.75) is 82.8 Å². The number of amides is 2. The van der Waals surface area contributed by atoms with E-state index < -0.39 is 41.3 Å². The van der Waals surface area contributed by atoms with Crippen molar-refractivity contribution < 1.29 is 29.1 Å². The number of hydrogen-bond donors (Lipinski definition) is 6. The van der Waals surface area contributed by atoms with Gasteiger partial charge in [0.25, 0.3) is 0 Å². The zero-order chi connectivity index (χ0) is 36.8. The normalized spacial score (nSPS) is 16.5. The van der Waals surface area contributed by atoms with Crippen molar-refractivity contribution >= 4 is 35.3 Å². The van der Waals surface area contributed by atoms with Crippen molar-refractivity contribution in [2.75, 3.05) is 19.6 Å². The van der Waals surface area contributed by atoms with Gasteiger partial charge >= 0.3 is 5.97 Å². The lowest BCUT2D eigenvalue weighted by Crippen LogP contribution is -2.57. The summed E-state index contributed by atoms with van der Waals surface area (Å²) in [5, 5.41) is 12.4. The quantitative estimate of drug-likeness (QED) is 0.0918. The van der Waals surface area contributed by atoms with E-state index in [1.54, 1.807) is 0 Å². The number of aliphatic carboxylic acids is 1. The van der Waals surface area contributed by atoms with Crippen LogP contribution in [-0.2, 0) is 36.8 Å². The summed E-state index contributed by atoms with van der Waals surface area (Å²) in [6.07, 6.45) is 0.940. The van der Waals surface area contributed by atoms with Crippen LogP contribution in [0, 0.1) is 17.8 Å². The first kappa shape index (κ1) is 39.8. The molecule has 272 valence electrons. The largest absolute Gasteiger partial charge is 0.480 e. The molecule has 13 nitrogen and oxygen atoms in total. The molecule has 1 fully saturated rings. The Morgan fingerprint density at radius 1 is 0.860 bits per heavy atom. The van der Waals surface area contributed by atoms with E-state index in [1.807, 2.05) is 74.5 Å². The van der Waals surface area contributed by atoms with Crippen LogP contribution in [0.1, 0.15) is 63.5 Å². The zero-order valence-electron chi connectivity index (χ0n) is 29.1. The van der Waals surface area contributed by atoms with Crippen molar-refractivity contribution in [3.63, 3.8) is 0 Å². The summed E-state index contributed by atoms with van der Waals surface area (Å²) < 4.78 is 0. The van der Waals surface area contributed by atoms with Crippen LogP contribution in [0.25, 0.3) is 0 Å². The predicted octanol–water partition coefficient (Wildman–Crippen LogP) is 1.55. The number of nitrogens with two attached hydrogens (primary N) is 4. The van der Waals surface area contributed by atoms with E-state index in [0.717, 1.165) is 11.1 Å². The third kappa shape index (κ3) is 12.4. The lowest BCUT2D eigenvalue weighted by Gasteiger charge is -2.37. The Bertz CT molecular complexity index is 1470. The van der Waals surface area contributed by atoms with Gasteiger partial charge in [0, 0.05) is 44.3 Å². The second kappa shape index (κ2) is 19.0. The minimum Gasteiger partial charge on any atom is -0.480 e.